The van der Waals surface area contributed by atoms with Gasteiger partial charge >= 0.3 is 6.09 Å². The summed E-state index contributed by atoms with van der Waals surface area (Å²) in [4.78, 5) is 66.2. The van der Waals surface area contributed by atoms with E-state index in [1.54, 1.807) is 27.7 Å². The molecule has 2 rings (SSSR count). The summed E-state index contributed by atoms with van der Waals surface area (Å²) >= 11 is 0. The zero-order valence-electron chi connectivity index (χ0n) is 23.2. The van der Waals surface area contributed by atoms with E-state index in [1.165, 1.54) is 11.0 Å². The second-order valence-corrected chi connectivity index (χ2v) is 10.9. The average molecular weight is 537 g/mol. The number of Topliss-reactive ketones (excluding diaryl/α,β-unsaturated/α-hetero) is 1. The Kier molecular flexibility index (Phi) is 12.2. The molecule has 38 heavy (non-hydrogen) atoms. The molecule has 0 spiro atoms. The molecule has 2 heterocycles. The first-order valence-electron chi connectivity index (χ1n) is 13.6. The van der Waals surface area contributed by atoms with E-state index in [0.29, 0.717) is 38.8 Å². The van der Waals surface area contributed by atoms with Gasteiger partial charge in [0.25, 0.3) is 5.91 Å². The van der Waals surface area contributed by atoms with Gasteiger partial charge in [0.2, 0.25) is 17.6 Å². The lowest BCUT2D eigenvalue weighted by molar-refractivity contribution is -0.144. The maximum atomic E-state index is 13.7. The standard InChI is InChI=1S/C27H44N4O7/c1-6-15-28-24(34)22(32)19-13-10-8-7-9-11-17-37-18(2)21(30-26(36)38-27(3,4)5)25(35)31-16-12-14-20(31)23(33)29-19/h6,18-21H,1,7-17H2,2-5H3,(H,28,34)(H,29,33)(H,30,36)/t18-,19-,20-,21-/m0/s1. The Morgan fingerprint density at radius 3 is 2.47 bits per heavy atom. The van der Waals surface area contributed by atoms with Gasteiger partial charge in [-0.2, -0.15) is 0 Å². The SMILES string of the molecule is C=CCNC(=O)C(=O)[C@@H]1CCCCCCCO[C@@H](C)[C@H](NC(=O)OC(C)(C)C)C(=O)N2CCC[C@H]2C(=O)N1. The minimum atomic E-state index is -1.06. The van der Waals surface area contributed by atoms with E-state index in [0.717, 1.165) is 25.7 Å². The molecule has 4 atom stereocenters. The van der Waals surface area contributed by atoms with Crippen LogP contribution in [0.2, 0.25) is 0 Å². The Morgan fingerprint density at radius 1 is 1.11 bits per heavy atom. The number of amides is 4. The van der Waals surface area contributed by atoms with Crippen molar-refractivity contribution >= 4 is 29.6 Å². The number of carbonyl (C=O) groups excluding carboxylic acids is 5. The van der Waals surface area contributed by atoms with Crippen LogP contribution in [-0.4, -0.2) is 84.0 Å². The lowest BCUT2D eigenvalue weighted by Crippen LogP contribution is -2.59. The smallest absolute Gasteiger partial charge is 0.408 e. The first-order valence-corrected chi connectivity index (χ1v) is 13.6. The van der Waals surface area contributed by atoms with Crippen molar-refractivity contribution in [2.45, 2.75) is 109 Å². The minimum absolute atomic E-state index is 0.141. The zero-order chi connectivity index (χ0) is 28.3. The van der Waals surface area contributed by atoms with Gasteiger partial charge in [-0.25, -0.2) is 4.79 Å². The Balaban J connectivity index is 2.27. The van der Waals surface area contributed by atoms with Crippen molar-refractivity contribution in [1.29, 1.82) is 0 Å². The van der Waals surface area contributed by atoms with Crippen LogP contribution in [0.25, 0.3) is 0 Å². The van der Waals surface area contributed by atoms with Crippen molar-refractivity contribution in [2.75, 3.05) is 19.7 Å². The highest BCUT2D eigenvalue weighted by molar-refractivity contribution is 6.38. The topological polar surface area (TPSA) is 143 Å². The fraction of sp³-hybridized carbons (Fsp3) is 0.741. The summed E-state index contributed by atoms with van der Waals surface area (Å²) in [5.41, 5.74) is -0.759. The van der Waals surface area contributed by atoms with Crippen LogP contribution < -0.4 is 16.0 Å². The van der Waals surface area contributed by atoms with Crippen LogP contribution >= 0.6 is 0 Å². The predicted octanol–water partition coefficient (Wildman–Crippen LogP) is 1.99. The second-order valence-electron chi connectivity index (χ2n) is 10.9. The Morgan fingerprint density at radius 2 is 1.79 bits per heavy atom. The number of ketones is 1. The van der Waals surface area contributed by atoms with Crippen LogP contribution in [0.1, 0.15) is 79.1 Å². The van der Waals surface area contributed by atoms with Crippen LogP contribution in [0.3, 0.4) is 0 Å². The lowest BCUT2D eigenvalue weighted by Gasteiger charge is -2.32. The van der Waals surface area contributed by atoms with E-state index >= 15 is 0 Å². The van der Waals surface area contributed by atoms with Gasteiger partial charge in [-0.3, -0.25) is 19.2 Å². The number of fused-ring (bicyclic) bond motifs is 1. The molecule has 0 radical (unpaired) electrons. The summed E-state index contributed by atoms with van der Waals surface area (Å²) < 4.78 is 11.3. The number of alkyl carbamates (subject to hydrolysis) is 1. The molecule has 4 amide bonds. The molecule has 0 saturated carbocycles. The molecule has 0 aliphatic carbocycles. The molecule has 0 aromatic rings. The van der Waals surface area contributed by atoms with Crippen molar-refractivity contribution in [1.82, 2.24) is 20.9 Å². The second kappa shape index (κ2) is 14.8. The summed E-state index contributed by atoms with van der Waals surface area (Å²) in [5.74, 6) is -2.46. The Hall–Kier alpha value is -2.95. The number of hydrogen-bond donors (Lipinski definition) is 3. The summed E-state index contributed by atoms with van der Waals surface area (Å²) in [6, 6.07) is -2.89. The summed E-state index contributed by atoms with van der Waals surface area (Å²) in [7, 11) is 0. The highest BCUT2D eigenvalue weighted by Gasteiger charge is 2.41. The maximum absolute atomic E-state index is 13.7. The number of ether oxygens (including phenoxy) is 2. The molecular formula is C27H44N4O7. The van der Waals surface area contributed by atoms with E-state index in [1.807, 2.05) is 0 Å². The molecule has 2 aliphatic rings. The van der Waals surface area contributed by atoms with Crippen LogP contribution in [0, 0.1) is 0 Å². The largest absolute Gasteiger partial charge is 0.444 e. The van der Waals surface area contributed by atoms with E-state index in [9.17, 15) is 24.0 Å². The first-order chi connectivity index (χ1) is 17.9. The first kappa shape index (κ1) is 31.3. The maximum Gasteiger partial charge on any atom is 0.408 e. The number of rotatable bonds is 5. The van der Waals surface area contributed by atoms with Crippen molar-refractivity contribution in [3.05, 3.63) is 12.7 Å². The average Bonchev–Trinajstić information content (AvgIpc) is 3.34. The fourth-order valence-corrected chi connectivity index (χ4v) is 4.59. The molecule has 2 fully saturated rings. The van der Waals surface area contributed by atoms with Gasteiger partial charge in [-0.05, 0) is 53.4 Å². The van der Waals surface area contributed by atoms with Crippen LogP contribution in [0.15, 0.2) is 12.7 Å². The van der Waals surface area contributed by atoms with Gasteiger partial charge in [0, 0.05) is 19.7 Å². The predicted molar refractivity (Wildman–Crippen MR) is 141 cm³/mol. The molecule has 11 heteroatoms. The van der Waals surface area contributed by atoms with Crippen molar-refractivity contribution in [3.63, 3.8) is 0 Å². The van der Waals surface area contributed by atoms with Gasteiger partial charge in [0.15, 0.2) is 0 Å². The van der Waals surface area contributed by atoms with E-state index in [-0.39, 0.29) is 6.54 Å². The van der Waals surface area contributed by atoms with Crippen molar-refractivity contribution in [2.24, 2.45) is 0 Å². The Labute approximate surface area is 225 Å². The summed E-state index contributed by atoms with van der Waals surface area (Å²) in [5, 5.41) is 7.85. The van der Waals surface area contributed by atoms with Crippen molar-refractivity contribution < 1.29 is 33.4 Å². The molecule has 2 aliphatic heterocycles. The summed E-state index contributed by atoms with van der Waals surface area (Å²) in [6.45, 7) is 11.3. The molecule has 0 aromatic heterocycles. The molecule has 3 N–H and O–H groups in total. The van der Waals surface area contributed by atoms with Gasteiger partial charge in [-0.1, -0.05) is 31.8 Å². The normalized spacial score (nSPS) is 26.1. The minimum Gasteiger partial charge on any atom is -0.444 e. The van der Waals surface area contributed by atoms with E-state index in [2.05, 4.69) is 22.5 Å². The molecule has 0 bridgehead atoms. The molecule has 2 saturated heterocycles. The molecule has 214 valence electrons. The number of carbonyl (C=O) groups is 5. The zero-order valence-corrected chi connectivity index (χ0v) is 23.2. The quantitative estimate of drug-likeness (QED) is 0.360. The highest BCUT2D eigenvalue weighted by Crippen LogP contribution is 2.21. The van der Waals surface area contributed by atoms with Gasteiger partial charge < -0.3 is 30.3 Å². The van der Waals surface area contributed by atoms with E-state index < -0.39 is 59.4 Å². The van der Waals surface area contributed by atoms with Gasteiger partial charge in [0.05, 0.1) is 12.1 Å². The number of nitrogens with one attached hydrogen (secondary N) is 3. The van der Waals surface area contributed by atoms with E-state index in [4.69, 9.17) is 9.47 Å². The molecular weight excluding hydrogens is 492 g/mol. The van der Waals surface area contributed by atoms with Crippen LogP contribution in [0.4, 0.5) is 4.79 Å². The van der Waals surface area contributed by atoms with Crippen molar-refractivity contribution in [3.8, 4) is 0 Å². The lowest BCUT2D eigenvalue weighted by atomic mass is 10.0. The third-order valence-electron chi connectivity index (χ3n) is 6.53. The Bertz CT molecular complexity index is 870. The van der Waals surface area contributed by atoms with Crippen LogP contribution in [-0.2, 0) is 28.7 Å². The summed E-state index contributed by atoms with van der Waals surface area (Å²) in [6.07, 6.45) is 5.40. The highest BCUT2D eigenvalue weighted by atomic mass is 16.6. The van der Waals surface area contributed by atoms with Crippen LogP contribution in [0.5, 0.6) is 0 Å². The molecule has 11 nitrogen and oxygen atoms in total. The number of nitrogens with zero attached hydrogens (tertiary/aromatic N) is 1. The molecule has 0 unspecified atom stereocenters. The third kappa shape index (κ3) is 9.74. The third-order valence-corrected chi connectivity index (χ3v) is 6.53. The van der Waals surface area contributed by atoms with Gasteiger partial charge in [-0.15, -0.1) is 6.58 Å². The fourth-order valence-electron chi connectivity index (χ4n) is 4.59. The number of hydrogen-bond acceptors (Lipinski definition) is 7. The molecule has 0 aromatic carbocycles. The monoisotopic (exact) mass is 536 g/mol. The van der Waals surface area contributed by atoms with Gasteiger partial charge in [0.1, 0.15) is 17.7 Å².